The lowest BCUT2D eigenvalue weighted by atomic mass is 10.0. The van der Waals surface area contributed by atoms with Crippen LogP contribution in [0.2, 0.25) is 5.02 Å². The summed E-state index contributed by atoms with van der Waals surface area (Å²) in [5, 5.41) is 5.27. The molecular weight excluding hydrogens is 464 g/mol. The zero-order valence-corrected chi connectivity index (χ0v) is 19.9. The third-order valence-electron chi connectivity index (χ3n) is 6.80. The first kappa shape index (κ1) is 21.9. The molecule has 0 radical (unpaired) electrons. The molecule has 4 aromatic rings. The molecule has 178 valence electrons. The molecule has 0 spiro atoms. The van der Waals surface area contributed by atoms with Crippen LogP contribution in [0.4, 0.5) is 5.82 Å². The van der Waals surface area contributed by atoms with Gasteiger partial charge in [-0.05, 0) is 56.0 Å². The number of piperidine rings is 1. The van der Waals surface area contributed by atoms with Gasteiger partial charge in [0.1, 0.15) is 5.82 Å². The van der Waals surface area contributed by atoms with E-state index in [4.69, 9.17) is 21.8 Å². The predicted molar refractivity (Wildman–Crippen MR) is 133 cm³/mol. The Kier molecular flexibility index (Phi) is 5.53. The number of nitrogen functional groups attached to an aromatic ring is 1. The average molecular weight is 489 g/mol. The van der Waals surface area contributed by atoms with E-state index in [0.29, 0.717) is 34.0 Å². The minimum atomic E-state index is 0.279. The summed E-state index contributed by atoms with van der Waals surface area (Å²) in [5.74, 6) is 1.98. The Bertz CT molecular complexity index is 1370. The summed E-state index contributed by atoms with van der Waals surface area (Å²) in [7, 11) is 0. The Morgan fingerprint density at radius 2 is 1.74 bits per heavy atom. The second-order valence-corrected chi connectivity index (χ2v) is 9.67. The fourth-order valence-corrected chi connectivity index (χ4v) is 4.70. The number of hydrogen-bond acceptors (Lipinski definition) is 6. The fraction of sp³-hybridized carbons (Fsp3) is 0.308. The zero-order valence-electron chi connectivity index (χ0n) is 19.1. The highest BCUT2D eigenvalue weighted by atomic mass is 35.5. The molecule has 1 aliphatic heterocycles. The number of amides is 1. The van der Waals surface area contributed by atoms with Gasteiger partial charge in [0.15, 0.2) is 5.76 Å². The van der Waals surface area contributed by atoms with E-state index >= 15 is 0 Å². The van der Waals surface area contributed by atoms with Gasteiger partial charge in [0.25, 0.3) is 0 Å². The van der Waals surface area contributed by atoms with E-state index in [1.54, 1.807) is 12.4 Å². The summed E-state index contributed by atoms with van der Waals surface area (Å²) in [6, 6.07) is 9.58. The van der Waals surface area contributed by atoms with Crippen molar-refractivity contribution in [1.29, 1.82) is 0 Å². The number of pyridine rings is 1. The molecule has 1 saturated carbocycles. The third kappa shape index (κ3) is 4.41. The molecule has 2 fully saturated rings. The summed E-state index contributed by atoms with van der Waals surface area (Å²) >= 11 is 5.99. The Morgan fingerprint density at radius 1 is 0.971 bits per heavy atom. The summed E-state index contributed by atoms with van der Waals surface area (Å²) in [6.45, 7) is 1.59. The van der Waals surface area contributed by atoms with Gasteiger partial charge in [-0.1, -0.05) is 11.6 Å². The van der Waals surface area contributed by atoms with Gasteiger partial charge in [-0.2, -0.15) is 5.10 Å². The molecule has 2 aliphatic rings. The quantitative estimate of drug-likeness (QED) is 0.420. The van der Waals surface area contributed by atoms with E-state index in [1.165, 1.54) is 0 Å². The largest absolute Gasteiger partial charge is 0.436 e. The molecule has 1 aromatic carbocycles. The number of benzene rings is 1. The number of carbonyl (C=O) groups excluding carboxylic acids is 1. The van der Waals surface area contributed by atoms with Crippen LogP contribution in [0, 0.1) is 5.92 Å². The van der Waals surface area contributed by atoms with Crippen LogP contribution in [0.25, 0.3) is 33.9 Å². The first-order valence-electron chi connectivity index (χ1n) is 11.9. The van der Waals surface area contributed by atoms with E-state index in [1.807, 2.05) is 52.3 Å². The van der Waals surface area contributed by atoms with E-state index in [-0.39, 0.29) is 12.0 Å². The number of rotatable bonds is 5. The SMILES string of the molecule is Nc1ncc(-c2cnn(C3CCN(C(=O)C4CC4)CC3)c2)cc1-c1ncc(-c2ccc(Cl)cc2)o1. The summed E-state index contributed by atoms with van der Waals surface area (Å²) in [4.78, 5) is 23.2. The van der Waals surface area contributed by atoms with E-state index in [2.05, 4.69) is 15.1 Å². The normalized spacial score (nSPS) is 16.5. The van der Waals surface area contributed by atoms with Gasteiger partial charge >= 0.3 is 0 Å². The molecule has 1 saturated heterocycles. The molecule has 2 N–H and O–H groups in total. The molecule has 4 heterocycles. The summed E-state index contributed by atoms with van der Waals surface area (Å²) < 4.78 is 8.00. The molecule has 1 amide bonds. The molecule has 0 bridgehead atoms. The number of anilines is 1. The molecule has 1 aliphatic carbocycles. The molecule has 6 rings (SSSR count). The van der Waals surface area contributed by atoms with E-state index < -0.39 is 0 Å². The zero-order chi connectivity index (χ0) is 23.9. The lowest BCUT2D eigenvalue weighted by molar-refractivity contribution is -0.133. The molecule has 3 aromatic heterocycles. The van der Waals surface area contributed by atoms with Crippen molar-refractivity contribution in [2.45, 2.75) is 31.7 Å². The molecular formula is C26H25ClN6O2. The number of nitrogens with two attached hydrogens (primary N) is 1. The van der Waals surface area contributed by atoms with Crippen LogP contribution >= 0.6 is 11.6 Å². The summed E-state index contributed by atoms with van der Waals surface area (Å²) in [5.41, 5.74) is 9.50. The van der Waals surface area contributed by atoms with Gasteiger partial charge in [-0.3, -0.25) is 9.48 Å². The number of nitrogens with zero attached hydrogens (tertiary/aromatic N) is 5. The van der Waals surface area contributed by atoms with Gasteiger partial charge < -0.3 is 15.1 Å². The maximum atomic E-state index is 12.3. The topological polar surface area (TPSA) is 103 Å². The van der Waals surface area contributed by atoms with Crippen LogP contribution in [0.5, 0.6) is 0 Å². The van der Waals surface area contributed by atoms with E-state index in [9.17, 15) is 4.79 Å². The van der Waals surface area contributed by atoms with Crippen molar-refractivity contribution < 1.29 is 9.21 Å². The maximum absolute atomic E-state index is 12.3. The number of oxazole rings is 1. The monoisotopic (exact) mass is 488 g/mol. The minimum Gasteiger partial charge on any atom is -0.436 e. The number of likely N-dealkylation sites (tertiary alicyclic amines) is 1. The van der Waals surface area contributed by atoms with Crippen molar-refractivity contribution in [2.24, 2.45) is 5.92 Å². The van der Waals surface area contributed by atoms with Gasteiger partial charge in [-0.25, -0.2) is 9.97 Å². The van der Waals surface area contributed by atoms with Crippen LogP contribution in [-0.4, -0.2) is 43.6 Å². The Labute approximate surface area is 207 Å². The van der Waals surface area contributed by atoms with Gasteiger partial charge in [0.05, 0.1) is 24.0 Å². The van der Waals surface area contributed by atoms with Crippen LogP contribution in [0.3, 0.4) is 0 Å². The number of carbonyl (C=O) groups is 1. The standard InChI is InChI=1S/C26H25ClN6O2/c27-20-5-3-16(4-6-20)23-14-30-25(35-23)22-11-18(12-29-24(22)28)19-13-31-33(15-19)21-7-9-32(10-8-21)26(34)17-1-2-17/h3-6,11-15,17,21H,1-2,7-10H2,(H2,28,29). The van der Waals surface area contributed by atoms with Crippen LogP contribution in [0.15, 0.2) is 59.5 Å². The Hall–Kier alpha value is -3.65. The molecule has 9 heteroatoms. The Balaban J connectivity index is 1.20. The van der Waals surface area contributed by atoms with Crippen LogP contribution < -0.4 is 5.73 Å². The number of aromatic nitrogens is 4. The highest BCUT2D eigenvalue weighted by Crippen LogP contribution is 2.34. The molecule has 8 nitrogen and oxygen atoms in total. The number of halogens is 1. The van der Waals surface area contributed by atoms with Gasteiger partial charge in [0.2, 0.25) is 11.8 Å². The predicted octanol–water partition coefficient (Wildman–Crippen LogP) is 5.08. The van der Waals surface area contributed by atoms with Crippen molar-refractivity contribution in [3.05, 3.63) is 60.1 Å². The number of hydrogen-bond donors (Lipinski definition) is 1. The smallest absolute Gasteiger partial charge is 0.230 e. The van der Waals surface area contributed by atoms with Crippen molar-refractivity contribution in [1.82, 2.24) is 24.6 Å². The molecule has 35 heavy (non-hydrogen) atoms. The van der Waals surface area contributed by atoms with Crippen LogP contribution in [0.1, 0.15) is 31.7 Å². The lowest BCUT2D eigenvalue weighted by Crippen LogP contribution is -2.39. The fourth-order valence-electron chi connectivity index (χ4n) is 4.58. The lowest BCUT2D eigenvalue weighted by Gasteiger charge is -2.32. The van der Waals surface area contributed by atoms with Gasteiger partial charge in [-0.15, -0.1) is 0 Å². The summed E-state index contributed by atoms with van der Waals surface area (Å²) in [6.07, 6.45) is 11.2. The first-order valence-corrected chi connectivity index (χ1v) is 12.2. The minimum absolute atomic E-state index is 0.279. The van der Waals surface area contributed by atoms with Gasteiger partial charge in [0, 0.05) is 53.1 Å². The van der Waals surface area contributed by atoms with Crippen molar-refractivity contribution in [3.8, 4) is 33.9 Å². The van der Waals surface area contributed by atoms with E-state index in [0.717, 1.165) is 55.5 Å². The van der Waals surface area contributed by atoms with Crippen molar-refractivity contribution in [2.75, 3.05) is 18.8 Å². The van der Waals surface area contributed by atoms with Crippen LogP contribution in [-0.2, 0) is 4.79 Å². The molecule has 0 atom stereocenters. The second kappa shape index (κ2) is 8.85. The highest BCUT2D eigenvalue weighted by molar-refractivity contribution is 6.30. The highest BCUT2D eigenvalue weighted by Gasteiger charge is 2.35. The average Bonchev–Trinajstić information content (AvgIpc) is 3.41. The third-order valence-corrected chi connectivity index (χ3v) is 7.05. The second-order valence-electron chi connectivity index (χ2n) is 9.23. The maximum Gasteiger partial charge on any atom is 0.230 e. The van der Waals surface area contributed by atoms with Crippen molar-refractivity contribution in [3.63, 3.8) is 0 Å². The first-order chi connectivity index (χ1) is 17.0. The van der Waals surface area contributed by atoms with Crippen molar-refractivity contribution >= 4 is 23.3 Å². The molecule has 0 unspecified atom stereocenters. The Morgan fingerprint density at radius 3 is 2.49 bits per heavy atom.